The van der Waals surface area contributed by atoms with Crippen molar-refractivity contribution in [2.45, 2.75) is 40.0 Å². The number of fused-ring (bicyclic) bond motifs is 4. The molecule has 32 heavy (non-hydrogen) atoms. The van der Waals surface area contributed by atoms with Crippen molar-refractivity contribution in [3.05, 3.63) is 77.6 Å². The van der Waals surface area contributed by atoms with Crippen molar-refractivity contribution in [2.24, 2.45) is 0 Å². The van der Waals surface area contributed by atoms with E-state index in [0.717, 1.165) is 22.2 Å². The van der Waals surface area contributed by atoms with Gasteiger partial charge in [0.2, 0.25) is 0 Å². The van der Waals surface area contributed by atoms with Gasteiger partial charge in [0, 0.05) is 50.3 Å². The van der Waals surface area contributed by atoms with Crippen LogP contribution in [0.3, 0.4) is 0 Å². The van der Waals surface area contributed by atoms with Crippen molar-refractivity contribution in [2.75, 3.05) is 0 Å². The average Bonchev–Trinajstić information content (AvgIpc) is 2.76. The number of aliphatic hydroxyl groups is 1. The summed E-state index contributed by atoms with van der Waals surface area (Å²) in [6, 6.07) is 8.35. The molecule has 3 heterocycles. The van der Waals surface area contributed by atoms with Crippen LogP contribution in [0.4, 0.5) is 0 Å². The number of aromatic nitrogens is 3. The summed E-state index contributed by atoms with van der Waals surface area (Å²) in [5, 5.41) is 12.1. The number of benzene rings is 1. The Morgan fingerprint density at radius 1 is 1.22 bits per heavy atom. The number of rotatable bonds is 1. The van der Waals surface area contributed by atoms with Gasteiger partial charge >= 0.3 is 0 Å². The zero-order valence-electron chi connectivity index (χ0n) is 19.6. The van der Waals surface area contributed by atoms with E-state index in [1.165, 1.54) is 41.3 Å². The number of carbonyl (C=O) groups is 1. The van der Waals surface area contributed by atoms with Crippen LogP contribution in [0, 0.1) is 13.1 Å². The van der Waals surface area contributed by atoms with Crippen LogP contribution in [-0.4, -0.2) is 25.8 Å². The molecule has 1 radical (unpaired) electrons. The van der Waals surface area contributed by atoms with Crippen molar-refractivity contribution in [1.82, 2.24) is 15.0 Å². The van der Waals surface area contributed by atoms with Gasteiger partial charge < -0.3 is 15.1 Å². The zero-order valence-corrected chi connectivity index (χ0v) is 21.0. The quantitative estimate of drug-likeness (QED) is 0.174. The second-order valence-electron chi connectivity index (χ2n) is 8.33. The summed E-state index contributed by atoms with van der Waals surface area (Å²) in [4.78, 5) is 23.6. The first-order valence-corrected chi connectivity index (χ1v) is 10.1. The minimum absolute atomic E-state index is 0. The first kappa shape index (κ1) is 22.3. The van der Waals surface area contributed by atoms with E-state index in [0.29, 0.717) is 0 Å². The Morgan fingerprint density at radius 2 is 1.97 bits per heavy atom. The second kappa shape index (κ2) is 8.89. The topological polar surface area (TPSA) is 76.0 Å². The largest absolute Gasteiger partial charge is 0.512 e. The molecule has 3 aromatic heterocycles. The maximum atomic E-state index is 10.2. The maximum Gasteiger partial charge on any atom is 0.155 e. The maximum absolute atomic E-state index is 10.2. The summed E-state index contributed by atoms with van der Waals surface area (Å²) in [6.45, 7) is 9.27. The van der Waals surface area contributed by atoms with E-state index < -0.39 is 5.78 Å². The Bertz CT molecular complexity index is 1430. The molecule has 0 amide bonds. The van der Waals surface area contributed by atoms with Gasteiger partial charge in [0.1, 0.15) is 0 Å². The van der Waals surface area contributed by atoms with Crippen molar-refractivity contribution in [3.63, 3.8) is 0 Å². The summed E-state index contributed by atoms with van der Waals surface area (Å²) in [5.74, 6) is -0.637. The van der Waals surface area contributed by atoms with E-state index in [2.05, 4.69) is 61.2 Å². The summed E-state index contributed by atoms with van der Waals surface area (Å²) in [6.07, 6.45) is 8.77. The number of ketones is 1. The molecular formula is C26H24IrN3O2-. The number of hydrogen-bond acceptors (Lipinski definition) is 5. The number of pyridine rings is 3. The molecule has 0 aliphatic heterocycles. The predicted octanol–water partition coefficient (Wildman–Crippen LogP) is 5.63. The molecule has 1 aliphatic carbocycles. The number of carbonyl (C=O) groups excluding carboxylic acids is 1. The molecule has 0 saturated carbocycles. The Hall–Kier alpha value is -2.95. The van der Waals surface area contributed by atoms with Crippen LogP contribution < -0.4 is 0 Å². The van der Waals surface area contributed by atoms with Crippen LogP contribution in [-0.2, 0) is 30.3 Å². The van der Waals surface area contributed by atoms with Crippen molar-refractivity contribution in [1.29, 1.82) is 0 Å². The van der Waals surface area contributed by atoms with Gasteiger partial charge in [-0.15, -0.1) is 11.1 Å². The summed E-state index contributed by atoms with van der Waals surface area (Å²) >= 11 is 0. The monoisotopic (exact) mass is 604 g/mol. The Balaban J connectivity index is 0.000000297. The third-order valence-electron chi connectivity index (χ3n) is 5.51. The molecule has 0 unspecified atom stereocenters. The Labute approximate surface area is 202 Å². The first-order valence-electron chi connectivity index (χ1n) is 10.6. The van der Waals surface area contributed by atoms with Gasteiger partial charge in [-0.3, -0.25) is 9.78 Å². The third kappa shape index (κ3) is 4.08. The minimum atomic E-state index is -0.412. The molecule has 5 nitrogen and oxygen atoms in total. The molecule has 1 aromatic carbocycles. The summed E-state index contributed by atoms with van der Waals surface area (Å²) in [7, 11) is 0. The normalized spacial score (nSPS) is 14.3. The van der Waals surface area contributed by atoms with Crippen LogP contribution in [0.5, 0.6) is 0 Å². The van der Waals surface area contributed by atoms with E-state index in [9.17, 15) is 4.79 Å². The van der Waals surface area contributed by atoms with E-state index in [-0.39, 0.29) is 37.3 Å². The standard InChI is InChI=1S/C21H16N3.C5H8O2.Ir/c1-12-8-13-4-7-23-20-15-10-24-17-11-22-6-5-14(17)19(15)21(2,3)16(9-12)18(13)20;1-4(6)3-5(2)7;/h4-9,11H,1-3H3;3,6H,1-2H3;/q-1;;/b;4-3-;/i;3D;. The molecule has 0 saturated heterocycles. The molecule has 4 aromatic rings. The van der Waals surface area contributed by atoms with Crippen LogP contribution in [0.15, 0.2) is 54.7 Å². The van der Waals surface area contributed by atoms with Gasteiger partial charge in [-0.2, -0.15) is 0 Å². The molecule has 0 spiro atoms. The van der Waals surface area contributed by atoms with Crippen molar-refractivity contribution in [3.8, 4) is 11.3 Å². The van der Waals surface area contributed by atoms with E-state index in [4.69, 9.17) is 11.5 Å². The predicted molar refractivity (Wildman–Crippen MR) is 123 cm³/mol. The number of nitrogens with zero attached hydrogens (tertiary/aromatic N) is 3. The molecule has 0 fully saturated rings. The van der Waals surface area contributed by atoms with Gasteiger partial charge in [0.15, 0.2) is 5.78 Å². The summed E-state index contributed by atoms with van der Waals surface area (Å²) < 4.78 is 6.76. The number of aryl methyl sites for hydroxylation is 1. The summed E-state index contributed by atoms with van der Waals surface area (Å²) in [5.41, 5.74) is 6.58. The third-order valence-corrected chi connectivity index (χ3v) is 5.51. The Morgan fingerprint density at radius 3 is 2.62 bits per heavy atom. The molecule has 165 valence electrons. The zero-order chi connectivity index (χ0) is 23.2. The van der Waals surface area contributed by atoms with E-state index >= 15 is 0 Å². The number of allylic oxidation sites excluding steroid dienone is 2. The first-order chi connectivity index (χ1) is 15.1. The molecule has 6 heteroatoms. The molecule has 0 atom stereocenters. The van der Waals surface area contributed by atoms with Crippen LogP contribution in [0.2, 0.25) is 0 Å². The van der Waals surface area contributed by atoms with Gasteiger partial charge in [0.25, 0.3) is 0 Å². The molecule has 0 bridgehead atoms. The Kier molecular flexibility index (Phi) is 6.18. The average molecular weight is 604 g/mol. The van der Waals surface area contributed by atoms with Gasteiger partial charge in [-0.05, 0) is 60.5 Å². The van der Waals surface area contributed by atoms with E-state index in [1.807, 2.05) is 18.6 Å². The fraction of sp³-hybridized carbons (Fsp3) is 0.231. The van der Waals surface area contributed by atoms with Crippen LogP contribution >= 0.6 is 0 Å². The van der Waals surface area contributed by atoms with Crippen LogP contribution in [0.25, 0.3) is 32.9 Å². The molecule has 1 N–H and O–H groups in total. The van der Waals surface area contributed by atoms with Crippen molar-refractivity contribution < 1.29 is 31.4 Å². The van der Waals surface area contributed by atoms with Crippen LogP contribution in [0.1, 0.15) is 45.8 Å². The fourth-order valence-electron chi connectivity index (χ4n) is 4.35. The number of hydrogen-bond donors (Lipinski definition) is 1. The van der Waals surface area contributed by atoms with Gasteiger partial charge in [-0.25, -0.2) is 0 Å². The SMILES string of the molecule is Cc1cc2c3c(nccc3c1)-c1[c-]nc3cnccc3c1C2(C)C.[2H]/C(C(C)=O)=C(\C)O.[Ir]. The smallest absolute Gasteiger partial charge is 0.155 e. The van der Waals surface area contributed by atoms with Gasteiger partial charge in [0.05, 0.1) is 7.13 Å². The number of aliphatic hydroxyl groups excluding tert-OH is 1. The molecular weight excluding hydrogens is 579 g/mol. The minimum Gasteiger partial charge on any atom is -0.512 e. The second-order valence-corrected chi connectivity index (χ2v) is 8.33. The molecule has 1 aliphatic rings. The van der Waals surface area contributed by atoms with Crippen molar-refractivity contribution >= 4 is 27.5 Å². The molecule has 5 rings (SSSR count). The van der Waals surface area contributed by atoms with Gasteiger partial charge in [-0.1, -0.05) is 43.0 Å². The fourth-order valence-corrected chi connectivity index (χ4v) is 4.35. The van der Waals surface area contributed by atoms with E-state index in [1.54, 1.807) is 0 Å².